The molecule has 0 bridgehead atoms. The van der Waals surface area contributed by atoms with E-state index in [2.05, 4.69) is 44.9 Å². The summed E-state index contributed by atoms with van der Waals surface area (Å²) >= 11 is 9.55. The van der Waals surface area contributed by atoms with Crippen molar-refractivity contribution in [2.45, 2.75) is 12.5 Å². The van der Waals surface area contributed by atoms with Crippen LogP contribution in [0.5, 0.6) is 0 Å². The van der Waals surface area contributed by atoms with Crippen LogP contribution >= 0.6 is 27.5 Å². The van der Waals surface area contributed by atoms with Crippen molar-refractivity contribution >= 4 is 39.2 Å². The van der Waals surface area contributed by atoms with Crippen molar-refractivity contribution in [1.82, 2.24) is 0 Å². The van der Waals surface area contributed by atoms with E-state index in [4.69, 9.17) is 17.3 Å². The minimum atomic E-state index is -0.293. The largest absolute Gasteiger partial charge is 0.369 e. The zero-order valence-electron chi connectivity index (χ0n) is 11.6. The van der Waals surface area contributed by atoms with Crippen molar-refractivity contribution in [2.24, 2.45) is 10.7 Å². The Kier molecular flexibility index (Phi) is 3.68. The molecule has 0 aliphatic carbocycles. The van der Waals surface area contributed by atoms with Gasteiger partial charge in [-0.1, -0.05) is 41.9 Å². The van der Waals surface area contributed by atoms with E-state index < -0.39 is 0 Å². The lowest BCUT2D eigenvalue weighted by Crippen LogP contribution is -2.47. The number of nitrogens with zero attached hydrogens (tertiary/aromatic N) is 2. The monoisotopic (exact) mass is 363 g/mol. The summed E-state index contributed by atoms with van der Waals surface area (Å²) < 4.78 is 0.844. The molecule has 21 heavy (non-hydrogen) atoms. The highest BCUT2D eigenvalue weighted by atomic mass is 79.9. The third kappa shape index (κ3) is 2.43. The Hall–Kier alpha value is -1.52. The summed E-state index contributed by atoms with van der Waals surface area (Å²) in [6, 6.07) is 16.1. The predicted octanol–water partition coefficient (Wildman–Crippen LogP) is 4.15. The fraction of sp³-hybridized carbons (Fsp3) is 0.188. The van der Waals surface area contributed by atoms with Gasteiger partial charge in [0.1, 0.15) is 0 Å². The van der Waals surface area contributed by atoms with E-state index in [9.17, 15) is 0 Å². The maximum atomic E-state index is 6.14. The van der Waals surface area contributed by atoms with Gasteiger partial charge in [-0.05, 0) is 46.6 Å². The van der Waals surface area contributed by atoms with Crippen LogP contribution in [0.2, 0.25) is 5.02 Å². The number of benzene rings is 2. The highest BCUT2D eigenvalue weighted by molar-refractivity contribution is 9.10. The first-order chi connectivity index (χ1) is 10.0. The Morgan fingerprint density at radius 2 is 1.95 bits per heavy atom. The summed E-state index contributed by atoms with van der Waals surface area (Å²) in [5.41, 5.74) is 8.00. The molecule has 0 radical (unpaired) electrons. The topological polar surface area (TPSA) is 41.6 Å². The number of aliphatic imine (C=N–C) groups is 1. The fourth-order valence-electron chi connectivity index (χ4n) is 2.69. The van der Waals surface area contributed by atoms with Crippen LogP contribution in [0.3, 0.4) is 0 Å². The first-order valence-corrected chi connectivity index (χ1v) is 7.80. The first kappa shape index (κ1) is 14.4. The van der Waals surface area contributed by atoms with Gasteiger partial charge in [0, 0.05) is 10.2 Å². The van der Waals surface area contributed by atoms with E-state index in [0.717, 1.165) is 10.2 Å². The van der Waals surface area contributed by atoms with Crippen LogP contribution < -0.4 is 10.6 Å². The van der Waals surface area contributed by atoms with Gasteiger partial charge in [0.05, 0.1) is 17.1 Å². The van der Waals surface area contributed by atoms with Crippen molar-refractivity contribution in [1.29, 1.82) is 0 Å². The van der Waals surface area contributed by atoms with Gasteiger partial charge in [-0.2, -0.15) is 0 Å². The smallest absolute Gasteiger partial charge is 0.196 e. The molecule has 1 aliphatic heterocycles. The summed E-state index contributed by atoms with van der Waals surface area (Å²) in [7, 11) is 0. The molecule has 0 amide bonds. The molecule has 1 heterocycles. The summed E-state index contributed by atoms with van der Waals surface area (Å²) in [5.74, 6) is 0.524. The van der Waals surface area contributed by atoms with Crippen molar-refractivity contribution in [3.8, 4) is 0 Å². The van der Waals surface area contributed by atoms with Gasteiger partial charge < -0.3 is 10.6 Å². The molecule has 1 aliphatic rings. The first-order valence-electron chi connectivity index (χ1n) is 6.63. The van der Waals surface area contributed by atoms with Gasteiger partial charge in [-0.15, -0.1) is 0 Å². The van der Waals surface area contributed by atoms with E-state index in [1.807, 2.05) is 36.4 Å². The molecule has 3 nitrogen and oxygen atoms in total. The molecule has 2 aromatic carbocycles. The van der Waals surface area contributed by atoms with E-state index >= 15 is 0 Å². The zero-order valence-corrected chi connectivity index (χ0v) is 13.9. The van der Waals surface area contributed by atoms with Crippen LogP contribution in [0, 0.1) is 0 Å². The van der Waals surface area contributed by atoms with Gasteiger partial charge in [0.15, 0.2) is 5.96 Å². The third-order valence-corrected chi connectivity index (χ3v) is 5.04. The molecule has 0 fully saturated rings. The molecule has 0 saturated carbocycles. The number of nitrogens with two attached hydrogens (primary N) is 1. The third-order valence-electron chi connectivity index (χ3n) is 3.83. The van der Waals surface area contributed by atoms with Gasteiger partial charge in [0.25, 0.3) is 0 Å². The number of hydrogen-bond acceptors (Lipinski definition) is 3. The number of rotatable bonds is 2. The number of anilines is 1. The Balaban J connectivity index is 2.09. The average Bonchev–Trinajstić information content (AvgIpc) is 2.80. The normalized spacial score (nSPS) is 21.5. The van der Waals surface area contributed by atoms with Gasteiger partial charge >= 0.3 is 0 Å². The molecule has 0 aromatic heterocycles. The molecule has 5 heteroatoms. The maximum absolute atomic E-state index is 6.14. The summed E-state index contributed by atoms with van der Waals surface area (Å²) in [4.78, 5) is 6.51. The Labute approximate surface area is 137 Å². The fourth-order valence-corrected chi connectivity index (χ4v) is 3.17. The molecule has 108 valence electrons. The second-order valence-electron chi connectivity index (χ2n) is 5.25. The standard InChI is InChI=1S/C16H15BrClN3/c1-16(11-5-3-2-4-6-11)10-20-15(19)21(16)12-7-8-14(18)13(17)9-12/h2-9H,10H2,1H3,(H2,19,20). The van der Waals surface area contributed by atoms with E-state index in [0.29, 0.717) is 17.5 Å². The lowest BCUT2D eigenvalue weighted by molar-refractivity contribution is 0.533. The average molecular weight is 365 g/mol. The highest BCUT2D eigenvalue weighted by Gasteiger charge is 2.40. The minimum Gasteiger partial charge on any atom is -0.369 e. The second-order valence-corrected chi connectivity index (χ2v) is 6.51. The van der Waals surface area contributed by atoms with E-state index in [-0.39, 0.29) is 5.54 Å². The second kappa shape index (κ2) is 5.35. The molecular formula is C16H15BrClN3. The zero-order chi connectivity index (χ0) is 15.0. The minimum absolute atomic E-state index is 0.293. The van der Waals surface area contributed by atoms with Crippen molar-refractivity contribution in [3.05, 3.63) is 63.6 Å². The van der Waals surface area contributed by atoms with Crippen molar-refractivity contribution in [3.63, 3.8) is 0 Å². The van der Waals surface area contributed by atoms with E-state index in [1.165, 1.54) is 5.56 Å². The van der Waals surface area contributed by atoms with Crippen LogP contribution in [0.4, 0.5) is 5.69 Å². The van der Waals surface area contributed by atoms with Gasteiger partial charge in [-0.25, -0.2) is 0 Å². The molecular weight excluding hydrogens is 350 g/mol. The van der Waals surface area contributed by atoms with Crippen molar-refractivity contribution in [2.75, 3.05) is 11.4 Å². The molecule has 2 N–H and O–H groups in total. The van der Waals surface area contributed by atoms with Crippen LogP contribution in [0.1, 0.15) is 12.5 Å². The van der Waals surface area contributed by atoms with Gasteiger partial charge in [0.2, 0.25) is 0 Å². The Morgan fingerprint density at radius 1 is 1.24 bits per heavy atom. The lowest BCUT2D eigenvalue weighted by atomic mass is 9.90. The van der Waals surface area contributed by atoms with Crippen molar-refractivity contribution < 1.29 is 0 Å². The Bertz CT molecular complexity index is 702. The molecule has 0 spiro atoms. The molecule has 1 unspecified atom stereocenters. The quantitative estimate of drug-likeness (QED) is 0.869. The van der Waals surface area contributed by atoms with E-state index in [1.54, 1.807) is 0 Å². The summed E-state index contributed by atoms with van der Waals surface area (Å²) in [6.07, 6.45) is 0. The molecule has 2 aromatic rings. The summed E-state index contributed by atoms with van der Waals surface area (Å²) in [5, 5.41) is 0.676. The lowest BCUT2D eigenvalue weighted by Gasteiger charge is -2.36. The van der Waals surface area contributed by atoms with Crippen LogP contribution in [-0.2, 0) is 5.54 Å². The highest BCUT2D eigenvalue weighted by Crippen LogP contribution is 2.38. The summed E-state index contributed by atoms with van der Waals surface area (Å²) in [6.45, 7) is 2.78. The number of halogens is 2. The Morgan fingerprint density at radius 3 is 2.62 bits per heavy atom. The number of guanidine groups is 1. The van der Waals surface area contributed by atoms with Crippen LogP contribution in [0.25, 0.3) is 0 Å². The molecule has 3 rings (SSSR count). The molecule has 1 atom stereocenters. The van der Waals surface area contributed by atoms with Crippen LogP contribution in [-0.4, -0.2) is 12.5 Å². The molecule has 0 saturated heterocycles. The van der Waals surface area contributed by atoms with Gasteiger partial charge in [-0.3, -0.25) is 4.99 Å². The predicted molar refractivity (Wildman–Crippen MR) is 91.9 cm³/mol. The maximum Gasteiger partial charge on any atom is 0.196 e. The number of hydrogen-bond donors (Lipinski definition) is 1. The van der Waals surface area contributed by atoms with Crippen LogP contribution in [0.15, 0.2) is 58.0 Å². The SMILES string of the molecule is CC1(c2ccccc2)CN=C(N)N1c1ccc(Cl)c(Br)c1.